The van der Waals surface area contributed by atoms with Crippen LogP contribution >= 0.6 is 11.8 Å². The minimum atomic E-state index is -0.384. The van der Waals surface area contributed by atoms with Crippen molar-refractivity contribution in [3.05, 3.63) is 46.5 Å². The van der Waals surface area contributed by atoms with Gasteiger partial charge in [-0.2, -0.15) is 0 Å². The number of thioether (sulfide) groups is 1. The molecule has 0 saturated carbocycles. The predicted molar refractivity (Wildman–Crippen MR) is 83.8 cm³/mol. The fourth-order valence-electron chi connectivity index (χ4n) is 1.97. The summed E-state index contributed by atoms with van der Waals surface area (Å²) >= 11 is 1.72. The molecule has 0 unspecified atom stereocenters. The quantitative estimate of drug-likeness (QED) is 0.473. The first kappa shape index (κ1) is 14.6. The van der Waals surface area contributed by atoms with E-state index in [0.717, 1.165) is 41.7 Å². The van der Waals surface area contributed by atoms with Crippen LogP contribution in [0.15, 0.2) is 35.8 Å². The molecular weight excluding hydrogens is 274 g/mol. The molecule has 0 spiro atoms. The normalized spacial score (nSPS) is 16.6. The molecule has 1 fully saturated rings. The molecule has 0 atom stereocenters. The first-order chi connectivity index (χ1) is 9.61. The second kappa shape index (κ2) is 6.56. The Kier molecular flexibility index (Phi) is 4.79. The van der Waals surface area contributed by atoms with Crippen LogP contribution < -0.4 is 0 Å². The molecule has 1 heterocycles. The minimum Gasteiger partial charge on any atom is -0.350 e. The van der Waals surface area contributed by atoms with Gasteiger partial charge < -0.3 is 4.90 Å². The summed E-state index contributed by atoms with van der Waals surface area (Å²) in [7, 11) is 0. The van der Waals surface area contributed by atoms with E-state index in [1.54, 1.807) is 23.9 Å². The van der Waals surface area contributed by atoms with Crippen LogP contribution in [0.1, 0.15) is 12.0 Å². The molecule has 0 bridgehead atoms. The van der Waals surface area contributed by atoms with Crippen LogP contribution in [0, 0.1) is 17.0 Å². The Morgan fingerprint density at radius 1 is 1.60 bits per heavy atom. The Morgan fingerprint density at radius 2 is 2.40 bits per heavy atom. The van der Waals surface area contributed by atoms with Crippen LogP contribution in [0.25, 0.3) is 0 Å². The van der Waals surface area contributed by atoms with Crippen molar-refractivity contribution in [2.45, 2.75) is 13.3 Å². The summed E-state index contributed by atoms with van der Waals surface area (Å²) < 4.78 is 0. The number of non-ortho nitro benzene ring substituents is 1. The van der Waals surface area contributed by atoms with Crippen LogP contribution in [-0.2, 0) is 0 Å². The van der Waals surface area contributed by atoms with Crippen LogP contribution in [0.4, 0.5) is 11.4 Å². The monoisotopic (exact) mass is 291 g/mol. The molecule has 1 aliphatic rings. The zero-order chi connectivity index (χ0) is 14.5. The average molecular weight is 291 g/mol. The zero-order valence-corrected chi connectivity index (χ0v) is 12.2. The number of amidine groups is 1. The van der Waals surface area contributed by atoms with Gasteiger partial charge in [-0.1, -0.05) is 17.8 Å². The third kappa shape index (κ3) is 3.39. The molecule has 0 amide bonds. The smallest absolute Gasteiger partial charge is 0.269 e. The van der Waals surface area contributed by atoms with E-state index in [9.17, 15) is 10.1 Å². The number of nitro groups is 1. The molecule has 5 nitrogen and oxygen atoms in total. The van der Waals surface area contributed by atoms with Crippen LogP contribution in [-0.4, -0.2) is 33.8 Å². The molecule has 20 heavy (non-hydrogen) atoms. The maximum Gasteiger partial charge on any atom is 0.269 e. The number of nitrogens with zero attached hydrogens (tertiary/aromatic N) is 3. The summed E-state index contributed by atoms with van der Waals surface area (Å²) in [5.41, 5.74) is 1.72. The largest absolute Gasteiger partial charge is 0.350 e. The van der Waals surface area contributed by atoms with Gasteiger partial charge in [-0.05, 0) is 25.0 Å². The van der Waals surface area contributed by atoms with Crippen LogP contribution in [0.5, 0.6) is 0 Å². The maximum atomic E-state index is 10.7. The highest BCUT2D eigenvalue weighted by Gasteiger charge is 2.19. The highest BCUT2D eigenvalue weighted by Crippen LogP contribution is 2.27. The Bertz CT molecular complexity index is 557. The number of rotatable bonds is 5. The standard InChI is InChI=1S/C14H17N3O2S/c1-3-4-7-16-8-9-20-14(16)15-13-6-5-12(17(18)19)10-11(13)2/h3,5-6,10H,1,4,7-9H2,2H3/b15-14-. The van der Waals surface area contributed by atoms with Crippen molar-refractivity contribution < 1.29 is 4.92 Å². The third-order valence-electron chi connectivity index (χ3n) is 3.07. The van der Waals surface area contributed by atoms with Crippen molar-refractivity contribution in [1.29, 1.82) is 0 Å². The van der Waals surface area contributed by atoms with Gasteiger partial charge in [-0.25, -0.2) is 4.99 Å². The molecule has 1 aromatic rings. The molecule has 0 aromatic heterocycles. The average Bonchev–Trinajstić information content (AvgIpc) is 2.85. The molecule has 0 aliphatic carbocycles. The van der Waals surface area contributed by atoms with E-state index >= 15 is 0 Å². The second-order valence-electron chi connectivity index (χ2n) is 4.54. The Labute approximate surface area is 122 Å². The first-order valence-corrected chi connectivity index (χ1v) is 7.42. The van der Waals surface area contributed by atoms with Crippen molar-refractivity contribution in [2.75, 3.05) is 18.8 Å². The Hall–Kier alpha value is -1.82. The van der Waals surface area contributed by atoms with Gasteiger partial charge in [0.2, 0.25) is 0 Å². The van der Waals surface area contributed by atoms with E-state index in [-0.39, 0.29) is 10.6 Å². The van der Waals surface area contributed by atoms with Crippen molar-refractivity contribution in [1.82, 2.24) is 4.90 Å². The number of benzene rings is 1. The fraction of sp³-hybridized carbons (Fsp3) is 0.357. The lowest BCUT2D eigenvalue weighted by atomic mass is 10.2. The lowest BCUT2D eigenvalue weighted by Crippen LogP contribution is -2.25. The summed E-state index contributed by atoms with van der Waals surface area (Å²) in [5.74, 6) is 1.03. The van der Waals surface area contributed by atoms with E-state index < -0.39 is 0 Å². The van der Waals surface area contributed by atoms with E-state index in [2.05, 4.69) is 16.5 Å². The van der Waals surface area contributed by atoms with E-state index in [1.807, 2.05) is 13.0 Å². The van der Waals surface area contributed by atoms with Gasteiger partial charge in [0, 0.05) is 31.0 Å². The summed E-state index contributed by atoms with van der Waals surface area (Å²) in [5, 5.41) is 11.7. The molecule has 0 N–H and O–H groups in total. The van der Waals surface area contributed by atoms with Crippen LogP contribution in [0.2, 0.25) is 0 Å². The van der Waals surface area contributed by atoms with Gasteiger partial charge in [0.05, 0.1) is 10.6 Å². The summed E-state index contributed by atoms with van der Waals surface area (Å²) in [6.45, 7) is 7.49. The molecule has 6 heteroatoms. The van der Waals surface area contributed by atoms with Crippen molar-refractivity contribution in [3.63, 3.8) is 0 Å². The SMILES string of the molecule is C=CCCN1CCS/C1=N\c1ccc([N+](=O)[O-])cc1C. The number of hydrogen-bond acceptors (Lipinski definition) is 4. The fourth-order valence-corrected chi connectivity index (χ4v) is 3.00. The summed E-state index contributed by atoms with van der Waals surface area (Å²) in [6, 6.07) is 4.78. The molecule has 0 radical (unpaired) electrons. The number of nitro benzene ring substituents is 1. The van der Waals surface area contributed by atoms with Crippen LogP contribution in [0.3, 0.4) is 0 Å². The van der Waals surface area contributed by atoms with E-state index in [1.165, 1.54) is 6.07 Å². The molecule has 1 aliphatic heterocycles. The summed E-state index contributed by atoms with van der Waals surface area (Å²) in [6.07, 6.45) is 2.83. The van der Waals surface area contributed by atoms with Gasteiger partial charge in [0.15, 0.2) is 5.17 Å². The van der Waals surface area contributed by atoms with Gasteiger partial charge in [-0.3, -0.25) is 10.1 Å². The van der Waals surface area contributed by atoms with E-state index in [4.69, 9.17) is 0 Å². The number of aliphatic imine (C=N–C) groups is 1. The minimum absolute atomic E-state index is 0.106. The van der Waals surface area contributed by atoms with Gasteiger partial charge in [0.1, 0.15) is 0 Å². The molecule has 1 aromatic carbocycles. The molecular formula is C14H17N3O2S. The van der Waals surface area contributed by atoms with Gasteiger partial charge >= 0.3 is 0 Å². The molecule has 2 rings (SSSR count). The third-order valence-corrected chi connectivity index (χ3v) is 4.07. The van der Waals surface area contributed by atoms with Crippen molar-refractivity contribution >= 4 is 28.3 Å². The zero-order valence-electron chi connectivity index (χ0n) is 11.4. The Morgan fingerprint density at radius 3 is 3.05 bits per heavy atom. The Balaban J connectivity index is 2.21. The topological polar surface area (TPSA) is 58.7 Å². The number of aryl methyl sites for hydroxylation is 1. The van der Waals surface area contributed by atoms with E-state index in [0.29, 0.717) is 0 Å². The first-order valence-electron chi connectivity index (χ1n) is 6.44. The van der Waals surface area contributed by atoms with Crippen molar-refractivity contribution in [3.8, 4) is 0 Å². The highest BCUT2D eigenvalue weighted by molar-refractivity contribution is 8.14. The summed E-state index contributed by atoms with van der Waals surface area (Å²) in [4.78, 5) is 17.2. The number of hydrogen-bond donors (Lipinski definition) is 0. The lowest BCUT2D eigenvalue weighted by Gasteiger charge is -2.16. The lowest BCUT2D eigenvalue weighted by molar-refractivity contribution is -0.384. The van der Waals surface area contributed by atoms with Crippen molar-refractivity contribution in [2.24, 2.45) is 4.99 Å². The highest BCUT2D eigenvalue weighted by atomic mass is 32.2. The van der Waals surface area contributed by atoms with Gasteiger partial charge in [0.25, 0.3) is 5.69 Å². The molecule has 1 saturated heterocycles. The maximum absolute atomic E-state index is 10.7. The predicted octanol–water partition coefficient (Wildman–Crippen LogP) is 3.52. The second-order valence-corrected chi connectivity index (χ2v) is 5.60. The molecule has 106 valence electrons. The van der Waals surface area contributed by atoms with Gasteiger partial charge in [-0.15, -0.1) is 6.58 Å².